The molecule has 0 radical (unpaired) electrons. The Balaban J connectivity index is 3.66. The van der Waals surface area contributed by atoms with E-state index in [1.807, 2.05) is 0 Å². The van der Waals surface area contributed by atoms with Gasteiger partial charge in [-0.15, -0.1) is 0 Å². The summed E-state index contributed by atoms with van der Waals surface area (Å²) >= 11 is 0. The first-order valence-corrected chi connectivity index (χ1v) is 6.28. The monoisotopic (exact) mass is 260 g/mol. The Hall–Kier alpha value is -1.14. The van der Waals surface area contributed by atoms with Crippen LogP contribution in [0.4, 0.5) is 0 Å². The maximum Gasteiger partial charge on any atom is 0.306 e. The lowest BCUT2D eigenvalue weighted by Gasteiger charge is -2.21. The zero-order valence-corrected chi connectivity index (χ0v) is 10.9. The number of rotatable bonds is 10. The Bertz CT molecular complexity index is 267. The van der Waals surface area contributed by atoms with Crippen molar-refractivity contribution in [1.82, 2.24) is 5.32 Å². The van der Waals surface area contributed by atoms with Crippen molar-refractivity contribution >= 4 is 11.9 Å². The number of aliphatic carboxylic acids is 1. The van der Waals surface area contributed by atoms with E-state index in [0.29, 0.717) is 13.0 Å². The zero-order chi connectivity index (χ0) is 14.0. The lowest BCUT2D eigenvalue weighted by atomic mass is 10.0. The van der Waals surface area contributed by atoms with E-state index in [1.165, 1.54) is 6.92 Å². The molecule has 18 heavy (non-hydrogen) atoms. The molecule has 0 saturated carbocycles. The highest BCUT2D eigenvalue weighted by Crippen LogP contribution is 2.08. The number of unbranched alkanes of at least 4 members (excludes halogenated alkanes) is 3. The third kappa shape index (κ3) is 10.0. The summed E-state index contributed by atoms with van der Waals surface area (Å²) in [5.74, 6) is -1.25. The molecule has 1 unspecified atom stereocenters. The Morgan fingerprint density at radius 2 is 1.83 bits per heavy atom. The highest BCUT2D eigenvalue weighted by atomic mass is 16.4. The van der Waals surface area contributed by atoms with Gasteiger partial charge < -0.3 is 21.3 Å². The van der Waals surface area contributed by atoms with Gasteiger partial charge in [0.05, 0.1) is 12.0 Å². The second kappa shape index (κ2) is 8.88. The predicted octanol–water partition coefficient (Wildman–Crippen LogP) is 0.238. The molecule has 0 fully saturated rings. The number of carbonyl (C=O) groups excluding carboxylic acids is 1. The smallest absolute Gasteiger partial charge is 0.306 e. The fourth-order valence-electron chi connectivity index (χ4n) is 1.55. The van der Waals surface area contributed by atoms with Crippen LogP contribution in [0, 0.1) is 0 Å². The SMILES string of the molecule is CC(O)(CNC(=O)CCCCCCN)CC(=O)O. The van der Waals surface area contributed by atoms with Gasteiger partial charge in [-0.25, -0.2) is 0 Å². The fraction of sp³-hybridized carbons (Fsp3) is 0.833. The molecular weight excluding hydrogens is 236 g/mol. The number of nitrogens with two attached hydrogens (primary N) is 1. The molecule has 0 heterocycles. The van der Waals surface area contributed by atoms with Crippen molar-refractivity contribution in [2.45, 2.75) is 51.0 Å². The van der Waals surface area contributed by atoms with Crippen molar-refractivity contribution in [3.63, 3.8) is 0 Å². The lowest BCUT2D eigenvalue weighted by Crippen LogP contribution is -2.42. The summed E-state index contributed by atoms with van der Waals surface area (Å²) in [6.45, 7) is 2.02. The van der Waals surface area contributed by atoms with E-state index in [-0.39, 0.29) is 18.9 Å². The number of aliphatic hydroxyl groups is 1. The summed E-state index contributed by atoms with van der Waals surface area (Å²) in [6, 6.07) is 0. The molecule has 0 spiro atoms. The summed E-state index contributed by atoms with van der Waals surface area (Å²) < 4.78 is 0. The second-order valence-electron chi connectivity index (χ2n) is 4.80. The maximum absolute atomic E-state index is 11.4. The van der Waals surface area contributed by atoms with Gasteiger partial charge in [0, 0.05) is 13.0 Å². The third-order valence-corrected chi connectivity index (χ3v) is 2.56. The van der Waals surface area contributed by atoms with Crippen LogP contribution in [0.5, 0.6) is 0 Å². The highest BCUT2D eigenvalue weighted by molar-refractivity contribution is 5.76. The van der Waals surface area contributed by atoms with E-state index >= 15 is 0 Å². The molecule has 6 heteroatoms. The first-order valence-electron chi connectivity index (χ1n) is 6.28. The van der Waals surface area contributed by atoms with Gasteiger partial charge in [-0.3, -0.25) is 9.59 Å². The Morgan fingerprint density at radius 3 is 2.39 bits per heavy atom. The minimum Gasteiger partial charge on any atom is -0.481 e. The molecule has 0 aromatic rings. The summed E-state index contributed by atoms with van der Waals surface area (Å²) in [5.41, 5.74) is 3.95. The quantitative estimate of drug-likeness (QED) is 0.420. The van der Waals surface area contributed by atoms with Gasteiger partial charge in [0.25, 0.3) is 0 Å². The van der Waals surface area contributed by atoms with E-state index in [9.17, 15) is 14.7 Å². The van der Waals surface area contributed by atoms with Crippen LogP contribution in [0.3, 0.4) is 0 Å². The van der Waals surface area contributed by atoms with Crippen molar-refractivity contribution in [1.29, 1.82) is 0 Å². The van der Waals surface area contributed by atoms with E-state index < -0.39 is 11.6 Å². The Labute approximate surface area is 108 Å². The number of carbonyl (C=O) groups is 2. The summed E-state index contributed by atoms with van der Waals surface area (Å²) in [7, 11) is 0. The summed E-state index contributed by atoms with van der Waals surface area (Å²) in [6.07, 6.45) is 3.73. The molecule has 5 N–H and O–H groups in total. The fourth-order valence-corrected chi connectivity index (χ4v) is 1.55. The lowest BCUT2D eigenvalue weighted by molar-refractivity contribution is -0.142. The van der Waals surface area contributed by atoms with Crippen LogP contribution >= 0.6 is 0 Å². The van der Waals surface area contributed by atoms with Crippen molar-refractivity contribution in [2.24, 2.45) is 5.73 Å². The van der Waals surface area contributed by atoms with Crippen molar-refractivity contribution in [2.75, 3.05) is 13.1 Å². The van der Waals surface area contributed by atoms with Crippen molar-refractivity contribution in [3.8, 4) is 0 Å². The van der Waals surface area contributed by atoms with Gasteiger partial charge in [-0.1, -0.05) is 12.8 Å². The van der Waals surface area contributed by atoms with Crippen LogP contribution in [0.2, 0.25) is 0 Å². The molecule has 6 nitrogen and oxygen atoms in total. The van der Waals surface area contributed by atoms with Crippen LogP contribution < -0.4 is 11.1 Å². The standard InChI is InChI=1S/C12H24N2O4/c1-12(18,8-11(16)17)9-14-10(15)6-4-2-3-5-7-13/h18H,2-9,13H2,1H3,(H,14,15)(H,16,17). The van der Waals surface area contributed by atoms with Gasteiger partial charge in [0.1, 0.15) is 0 Å². The topological polar surface area (TPSA) is 113 Å². The number of nitrogens with one attached hydrogen (secondary N) is 1. The molecule has 1 atom stereocenters. The van der Waals surface area contributed by atoms with E-state index in [4.69, 9.17) is 10.8 Å². The predicted molar refractivity (Wildman–Crippen MR) is 68.0 cm³/mol. The van der Waals surface area contributed by atoms with Crippen LogP contribution in [0.15, 0.2) is 0 Å². The van der Waals surface area contributed by atoms with Crippen LogP contribution in [-0.2, 0) is 9.59 Å². The molecule has 0 aliphatic carbocycles. The van der Waals surface area contributed by atoms with E-state index in [1.54, 1.807) is 0 Å². The second-order valence-corrected chi connectivity index (χ2v) is 4.80. The summed E-state index contributed by atoms with van der Waals surface area (Å²) in [5, 5.41) is 20.8. The number of amides is 1. The van der Waals surface area contributed by atoms with Crippen LogP contribution in [-0.4, -0.2) is 40.8 Å². The largest absolute Gasteiger partial charge is 0.481 e. The normalized spacial score (nSPS) is 13.9. The molecule has 1 amide bonds. The van der Waals surface area contributed by atoms with Gasteiger partial charge in [-0.05, 0) is 26.3 Å². The van der Waals surface area contributed by atoms with E-state index in [2.05, 4.69) is 5.32 Å². The molecule has 0 aliphatic rings. The summed E-state index contributed by atoms with van der Waals surface area (Å²) in [4.78, 5) is 21.9. The number of carboxylic acids is 1. The Kier molecular flexibility index (Phi) is 8.32. The Morgan fingerprint density at radius 1 is 1.22 bits per heavy atom. The zero-order valence-electron chi connectivity index (χ0n) is 10.9. The van der Waals surface area contributed by atoms with Gasteiger partial charge in [0.15, 0.2) is 0 Å². The maximum atomic E-state index is 11.4. The van der Waals surface area contributed by atoms with E-state index in [0.717, 1.165) is 25.7 Å². The molecular formula is C12H24N2O4. The van der Waals surface area contributed by atoms with Gasteiger partial charge in [-0.2, -0.15) is 0 Å². The molecule has 0 aromatic heterocycles. The molecule has 0 bridgehead atoms. The molecule has 0 aromatic carbocycles. The van der Waals surface area contributed by atoms with Crippen LogP contribution in [0.1, 0.15) is 45.4 Å². The number of carboxylic acid groups (broad SMARTS) is 1. The average Bonchev–Trinajstić information content (AvgIpc) is 2.24. The van der Waals surface area contributed by atoms with Gasteiger partial charge >= 0.3 is 5.97 Å². The van der Waals surface area contributed by atoms with Crippen molar-refractivity contribution in [3.05, 3.63) is 0 Å². The molecule has 0 aliphatic heterocycles. The highest BCUT2D eigenvalue weighted by Gasteiger charge is 2.24. The first kappa shape index (κ1) is 16.9. The molecule has 0 rings (SSSR count). The van der Waals surface area contributed by atoms with Gasteiger partial charge in [0.2, 0.25) is 5.91 Å². The third-order valence-electron chi connectivity index (χ3n) is 2.56. The van der Waals surface area contributed by atoms with Crippen LogP contribution in [0.25, 0.3) is 0 Å². The number of hydrogen-bond donors (Lipinski definition) is 4. The molecule has 0 saturated heterocycles. The minimum atomic E-state index is -1.40. The molecule has 106 valence electrons. The first-order chi connectivity index (χ1) is 8.37. The number of hydrogen-bond acceptors (Lipinski definition) is 4. The minimum absolute atomic E-state index is 0.0407. The average molecular weight is 260 g/mol. The van der Waals surface area contributed by atoms with Crippen molar-refractivity contribution < 1.29 is 19.8 Å².